The van der Waals surface area contributed by atoms with E-state index in [0.29, 0.717) is 0 Å². The van der Waals surface area contributed by atoms with E-state index in [1.807, 2.05) is 0 Å². The lowest BCUT2D eigenvalue weighted by molar-refractivity contribution is 0.222. The van der Waals surface area contributed by atoms with Crippen LogP contribution >= 0.6 is 21.8 Å². The molecule has 1 fully saturated rings. The third kappa shape index (κ3) is 9.76. The van der Waals surface area contributed by atoms with Crippen molar-refractivity contribution in [3.8, 4) is 0 Å². The van der Waals surface area contributed by atoms with Crippen molar-refractivity contribution in [2.75, 3.05) is 32.7 Å². The molecular weight excluding hydrogens is 256 g/mol. The molecule has 17 heavy (non-hydrogen) atoms. The van der Waals surface area contributed by atoms with Gasteiger partial charge in [-0.3, -0.25) is 0 Å². The Morgan fingerprint density at radius 1 is 1.18 bits per heavy atom. The highest BCUT2D eigenvalue weighted by Crippen LogP contribution is 2.29. The third-order valence-electron chi connectivity index (χ3n) is 2.62. The predicted molar refractivity (Wildman–Crippen MR) is 77.5 cm³/mol. The van der Waals surface area contributed by atoms with Gasteiger partial charge in [0.15, 0.2) is 0 Å². The van der Waals surface area contributed by atoms with Gasteiger partial charge in [0.25, 0.3) is 0 Å². The van der Waals surface area contributed by atoms with E-state index in [1.54, 1.807) is 0 Å². The van der Waals surface area contributed by atoms with Crippen LogP contribution in [0.25, 0.3) is 0 Å². The van der Waals surface area contributed by atoms with Gasteiger partial charge in [0.2, 0.25) is 0 Å². The van der Waals surface area contributed by atoms with Crippen molar-refractivity contribution in [3.63, 3.8) is 0 Å². The van der Waals surface area contributed by atoms with Crippen molar-refractivity contribution in [1.82, 2.24) is 9.21 Å². The molecule has 0 aromatic rings. The van der Waals surface area contributed by atoms with Crippen LogP contribution in [0.3, 0.4) is 0 Å². The molecule has 1 aliphatic heterocycles. The first-order valence-corrected chi connectivity index (χ1v) is 8.29. The fourth-order valence-corrected chi connectivity index (χ4v) is 3.05. The maximum absolute atomic E-state index is 10.1. The van der Waals surface area contributed by atoms with Crippen LogP contribution in [0.4, 0.5) is 4.79 Å². The second kappa shape index (κ2) is 11.2. The van der Waals surface area contributed by atoms with Gasteiger partial charge in [0.1, 0.15) is 0 Å². The lowest BCUT2D eigenvalue weighted by Gasteiger charge is -2.13. The first-order chi connectivity index (χ1) is 8.13. The Kier molecular flexibility index (Phi) is 11.3. The largest absolute Gasteiger partial charge is 0.472 e. The Morgan fingerprint density at radius 2 is 1.65 bits per heavy atom. The minimum absolute atomic E-state index is 0.808. The SMILES string of the molecule is CCN(CC)CC.O=C(O)SSN1CCCC1. The molecule has 1 heterocycles. The Bertz CT molecular complexity index is 190. The molecule has 0 bridgehead atoms. The van der Waals surface area contributed by atoms with Gasteiger partial charge < -0.3 is 10.0 Å². The second-order valence-electron chi connectivity index (χ2n) is 3.68. The molecule has 0 aliphatic carbocycles. The first-order valence-electron chi connectivity index (χ1n) is 6.18. The molecule has 0 aromatic heterocycles. The molecule has 0 saturated carbocycles. The monoisotopic (exact) mass is 280 g/mol. The van der Waals surface area contributed by atoms with E-state index in [1.165, 1.54) is 43.5 Å². The van der Waals surface area contributed by atoms with Crippen molar-refractivity contribution >= 4 is 27.1 Å². The zero-order valence-corrected chi connectivity index (χ0v) is 12.6. The normalized spacial score (nSPS) is 15.8. The van der Waals surface area contributed by atoms with E-state index in [0.717, 1.165) is 23.9 Å². The van der Waals surface area contributed by atoms with Crippen LogP contribution in [0.5, 0.6) is 0 Å². The highest BCUT2D eigenvalue weighted by atomic mass is 33.1. The van der Waals surface area contributed by atoms with Crippen molar-refractivity contribution < 1.29 is 9.90 Å². The maximum atomic E-state index is 10.1. The summed E-state index contributed by atoms with van der Waals surface area (Å²) in [6.45, 7) is 12.2. The Morgan fingerprint density at radius 3 is 1.94 bits per heavy atom. The quantitative estimate of drug-likeness (QED) is 0.615. The van der Waals surface area contributed by atoms with Gasteiger partial charge in [-0.05, 0) is 32.5 Å². The number of carboxylic acid groups (broad SMARTS) is 1. The lowest BCUT2D eigenvalue weighted by atomic mass is 10.4. The van der Waals surface area contributed by atoms with Gasteiger partial charge in [-0.25, -0.2) is 9.10 Å². The average Bonchev–Trinajstić information content (AvgIpc) is 2.82. The molecule has 0 unspecified atom stereocenters. The van der Waals surface area contributed by atoms with E-state index < -0.39 is 5.30 Å². The average molecular weight is 280 g/mol. The summed E-state index contributed by atoms with van der Waals surface area (Å²) in [7, 11) is 2.23. The van der Waals surface area contributed by atoms with Gasteiger partial charge >= 0.3 is 5.30 Å². The maximum Gasteiger partial charge on any atom is 0.376 e. The van der Waals surface area contributed by atoms with E-state index in [9.17, 15) is 4.79 Å². The molecule has 1 N–H and O–H groups in total. The van der Waals surface area contributed by atoms with Crippen LogP contribution in [0.1, 0.15) is 33.6 Å². The topological polar surface area (TPSA) is 43.8 Å². The molecule has 1 rings (SSSR count). The minimum atomic E-state index is -0.808. The van der Waals surface area contributed by atoms with Crippen molar-refractivity contribution in [1.29, 1.82) is 0 Å². The van der Waals surface area contributed by atoms with E-state index in [-0.39, 0.29) is 0 Å². The zero-order valence-electron chi connectivity index (χ0n) is 11.0. The molecule has 0 radical (unpaired) electrons. The smallest absolute Gasteiger partial charge is 0.376 e. The number of rotatable bonds is 5. The lowest BCUT2D eigenvalue weighted by Crippen LogP contribution is -2.21. The molecule has 0 amide bonds. The second-order valence-corrected chi connectivity index (χ2v) is 5.81. The fourth-order valence-electron chi connectivity index (χ4n) is 1.52. The molecule has 102 valence electrons. The summed E-state index contributed by atoms with van der Waals surface area (Å²) in [5.74, 6) is 0. The summed E-state index contributed by atoms with van der Waals surface area (Å²) >= 11 is 0. The number of hydrogen-bond donors (Lipinski definition) is 1. The van der Waals surface area contributed by atoms with Gasteiger partial charge in [0, 0.05) is 34.9 Å². The summed E-state index contributed by atoms with van der Waals surface area (Å²) in [6.07, 6.45) is 2.40. The zero-order chi connectivity index (χ0) is 13.1. The molecule has 1 aliphatic rings. The van der Waals surface area contributed by atoms with Crippen LogP contribution in [0.2, 0.25) is 0 Å². The minimum Gasteiger partial charge on any atom is -0.472 e. The molecule has 1 saturated heterocycles. The first kappa shape index (κ1) is 17.1. The van der Waals surface area contributed by atoms with Gasteiger partial charge in [-0.15, -0.1) is 0 Å². The van der Waals surface area contributed by atoms with E-state index in [4.69, 9.17) is 5.11 Å². The summed E-state index contributed by atoms with van der Waals surface area (Å²) < 4.78 is 2.08. The fraction of sp³-hybridized carbons (Fsp3) is 0.909. The predicted octanol–water partition coefficient (Wildman–Crippen LogP) is 3.40. The number of hydrogen-bond acceptors (Lipinski definition) is 5. The van der Waals surface area contributed by atoms with Crippen molar-refractivity contribution in [3.05, 3.63) is 0 Å². The van der Waals surface area contributed by atoms with Crippen LogP contribution < -0.4 is 0 Å². The molecule has 0 aromatic carbocycles. The molecule has 0 atom stereocenters. The van der Waals surface area contributed by atoms with Crippen LogP contribution in [-0.4, -0.2) is 52.3 Å². The Balaban J connectivity index is 0.000000325. The highest BCUT2D eigenvalue weighted by molar-refractivity contribution is 8.81. The molecular formula is C11H24N2O2S2. The van der Waals surface area contributed by atoms with Gasteiger partial charge in [-0.1, -0.05) is 20.8 Å². The van der Waals surface area contributed by atoms with Crippen LogP contribution in [0, 0.1) is 0 Å². The Hall–Kier alpha value is 0.0900. The van der Waals surface area contributed by atoms with Crippen LogP contribution in [0.15, 0.2) is 0 Å². The van der Waals surface area contributed by atoms with Crippen molar-refractivity contribution in [2.45, 2.75) is 33.6 Å². The summed E-state index contributed by atoms with van der Waals surface area (Å²) in [5, 5.41) is 7.48. The molecule has 0 spiro atoms. The van der Waals surface area contributed by atoms with E-state index >= 15 is 0 Å². The number of carbonyl (C=O) groups is 1. The van der Waals surface area contributed by atoms with Gasteiger partial charge in [-0.2, -0.15) is 0 Å². The van der Waals surface area contributed by atoms with Crippen LogP contribution in [-0.2, 0) is 0 Å². The third-order valence-corrected chi connectivity index (χ3v) is 4.70. The summed E-state index contributed by atoms with van der Waals surface area (Å²) in [5.41, 5.74) is 0. The molecule has 6 heteroatoms. The summed E-state index contributed by atoms with van der Waals surface area (Å²) in [4.78, 5) is 12.4. The standard InChI is InChI=1S/C6H15N.C5H9NO2S2/c1-4-7(5-2)6-3;7-5(8)9-10-6-3-1-2-4-6/h4-6H2,1-3H3;1-4H2,(H,7,8). The highest BCUT2D eigenvalue weighted by Gasteiger charge is 2.13. The van der Waals surface area contributed by atoms with Crippen molar-refractivity contribution in [2.24, 2.45) is 0 Å². The van der Waals surface area contributed by atoms with E-state index in [2.05, 4.69) is 30.0 Å². The number of nitrogens with zero attached hydrogens (tertiary/aromatic N) is 2. The summed E-state index contributed by atoms with van der Waals surface area (Å²) in [6, 6.07) is 0. The van der Waals surface area contributed by atoms with Gasteiger partial charge in [0.05, 0.1) is 0 Å². The Labute approximate surface area is 113 Å². The molecule has 4 nitrogen and oxygen atoms in total.